The molecule has 0 radical (unpaired) electrons. The van der Waals surface area contributed by atoms with Gasteiger partial charge < -0.3 is 10.2 Å². The number of likely N-dealkylation sites (tertiary alicyclic amines) is 1. The number of carbonyl (C=O) groups excluding carboxylic acids is 1. The highest BCUT2D eigenvalue weighted by Crippen LogP contribution is 2.16. The van der Waals surface area contributed by atoms with Gasteiger partial charge in [0.25, 0.3) is 5.91 Å². The van der Waals surface area contributed by atoms with Gasteiger partial charge in [-0.05, 0) is 38.1 Å². The second-order valence-electron chi connectivity index (χ2n) is 4.39. The fraction of sp³-hybridized carbons (Fsp3) is 0.462. The first kappa shape index (κ1) is 15.3. The van der Waals surface area contributed by atoms with Crippen molar-refractivity contribution in [1.29, 1.82) is 0 Å². The summed E-state index contributed by atoms with van der Waals surface area (Å²) in [6, 6.07) is 7.55. The number of benzene rings is 1. The van der Waals surface area contributed by atoms with Crippen LogP contribution < -0.4 is 5.32 Å². The van der Waals surface area contributed by atoms with Crippen LogP contribution >= 0.6 is 24.0 Å². The molecule has 3 nitrogen and oxygen atoms in total. The Bertz CT molecular complexity index is 412. The van der Waals surface area contributed by atoms with Gasteiger partial charge in [0.15, 0.2) is 0 Å². The Balaban J connectivity index is 0.00000162. The summed E-state index contributed by atoms with van der Waals surface area (Å²) in [5.41, 5.74) is 0.675. The van der Waals surface area contributed by atoms with Gasteiger partial charge in [-0.3, -0.25) is 4.79 Å². The Labute approximate surface area is 119 Å². The van der Waals surface area contributed by atoms with E-state index >= 15 is 0 Å². The lowest BCUT2D eigenvalue weighted by atomic mass is 10.0. The van der Waals surface area contributed by atoms with Gasteiger partial charge in [-0.2, -0.15) is 0 Å². The molecule has 18 heavy (non-hydrogen) atoms. The highest BCUT2D eigenvalue weighted by atomic mass is 35.5. The molecule has 100 valence electrons. The van der Waals surface area contributed by atoms with Crippen molar-refractivity contribution in [2.24, 2.45) is 0 Å². The van der Waals surface area contributed by atoms with Gasteiger partial charge in [-0.25, -0.2) is 0 Å². The fourth-order valence-electron chi connectivity index (χ4n) is 2.20. The molecule has 1 fully saturated rings. The third-order valence-electron chi connectivity index (χ3n) is 3.19. The number of carbonyl (C=O) groups is 1. The maximum absolute atomic E-state index is 12.3. The van der Waals surface area contributed by atoms with Crippen molar-refractivity contribution in [3.05, 3.63) is 34.9 Å². The maximum Gasteiger partial charge on any atom is 0.253 e. The lowest BCUT2D eigenvalue weighted by molar-refractivity contribution is 0.0698. The molecule has 0 spiro atoms. The molecule has 1 aliphatic heterocycles. The van der Waals surface area contributed by atoms with Crippen LogP contribution in [0.4, 0.5) is 0 Å². The van der Waals surface area contributed by atoms with Crippen molar-refractivity contribution >= 4 is 29.9 Å². The van der Waals surface area contributed by atoms with E-state index in [-0.39, 0.29) is 18.3 Å². The van der Waals surface area contributed by atoms with E-state index in [2.05, 4.69) is 5.32 Å². The molecule has 0 unspecified atom stereocenters. The van der Waals surface area contributed by atoms with Crippen molar-refractivity contribution in [3.8, 4) is 0 Å². The summed E-state index contributed by atoms with van der Waals surface area (Å²) < 4.78 is 0. The Morgan fingerprint density at radius 1 is 1.50 bits per heavy atom. The molecule has 1 heterocycles. The summed E-state index contributed by atoms with van der Waals surface area (Å²) in [7, 11) is 1.94. The van der Waals surface area contributed by atoms with E-state index in [4.69, 9.17) is 11.6 Å². The molecule has 1 atom stereocenters. The van der Waals surface area contributed by atoms with Gasteiger partial charge in [-0.15, -0.1) is 12.4 Å². The van der Waals surface area contributed by atoms with Gasteiger partial charge >= 0.3 is 0 Å². The lowest BCUT2D eigenvalue weighted by Gasteiger charge is -2.32. The van der Waals surface area contributed by atoms with Crippen LogP contribution in [-0.2, 0) is 0 Å². The summed E-state index contributed by atoms with van der Waals surface area (Å²) in [4.78, 5) is 14.2. The van der Waals surface area contributed by atoms with Crippen LogP contribution in [0.25, 0.3) is 0 Å². The Morgan fingerprint density at radius 3 is 2.94 bits per heavy atom. The first-order chi connectivity index (χ1) is 8.20. The molecule has 1 N–H and O–H groups in total. The average molecular weight is 289 g/mol. The molecule has 0 saturated carbocycles. The zero-order valence-electron chi connectivity index (χ0n) is 10.4. The minimum Gasteiger partial charge on any atom is -0.337 e. The SMILES string of the molecule is CN[C@H]1CCCN(C(=O)c2cccc(Cl)c2)C1.Cl. The Hall–Kier alpha value is -0.770. The minimum absolute atomic E-state index is 0. The van der Waals surface area contributed by atoms with E-state index in [1.807, 2.05) is 24.1 Å². The number of nitrogens with one attached hydrogen (secondary N) is 1. The van der Waals surface area contributed by atoms with Gasteiger partial charge in [0.2, 0.25) is 0 Å². The lowest BCUT2D eigenvalue weighted by Crippen LogP contribution is -2.46. The molecule has 0 bridgehead atoms. The zero-order valence-corrected chi connectivity index (χ0v) is 11.9. The fourth-order valence-corrected chi connectivity index (χ4v) is 2.39. The molecule has 1 aromatic carbocycles. The molecule has 2 rings (SSSR count). The number of rotatable bonds is 2. The number of amides is 1. The number of likely N-dealkylation sites (N-methyl/N-ethyl adjacent to an activating group) is 1. The zero-order chi connectivity index (χ0) is 12.3. The molecule has 1 amide bonds. The highest BCUT2D eigenvalue weighted by Gasteiger charge is 2.23. The number of hydrogen-bond donors (Lipinski definition) is 1. The van der Waals surface area contributed by atoms with E-state index in [9.17, 15) is 4.79 Å². The monoisotopic (exact) mass is 288 g/mol. The summed E-state index contributed by atoms with van der Waals surface area (Å²) in [5.74, 6) is 0.0763. The van der Waals surface area contributed by atoms with Gasteiger partial charge in [0.05, 0.1) is 0 Å². The van der Waals surface area contributed by atoms with Crippen LogP contribution in [0.2, 0.25) is 5.02 Å². The molecule has 0 aliphatic carbocycles. The Kier molecular flexibility index (Phi) is 5.93. The van der Waals surface area contributed by atoms with Crippen LogP contribution in [0, 0.1) is 0 Å². The first-order valence-corrected chi connectivity index (χ1v) is 6.30. The predicted octanol–water partition coefficient (Wildman–Crippen LogP) is 2.59. The van der Waals surface area contributed by atoms with Crippen molar-refractivity contribution in [2.75, 3.05) is 20.1 Å². The van der Waals surface area contributed by atoms with E-state index in [0.717, 1.165) is 25.9 Å². The van der Waals surface area contributed by atoms with Crippen LogP contribution in [0.1, 0.15) is 23.2 Å². The van der Waals surface area contributed by atoms with Gasteiger partial charge in [-0.1, -0.05) is 17.7 Å². The third kappa shape index (κ3) is 3.61. The molecule has 1 aliphatic rings. The van der Waals surface area contributed by atoms with Crippen LogP contribution in [-0.4, -0.2) is 37.0 Å². The van der Waals surface area contributed by atoms with Crippen molar-refractivity contribution in [2.45, 2.75) is 18.9 Å². The first-order valence-electron chi connectivity index (χ1n) is 5.93. The highest BCUT2D eigenvalue weighted by molar-refractivity contribution is 6.30. The van der Waals surface area contributed by atoms with E-state index < -0.39 is 0 Å². The van der Waals surface area contributed by atoms with E-state index in [1.165, 1.54) is 0 Å². The number of nitrogens with zero attached hydrogens (tertiary/aromatic N) is 1. The molecular formula is C13H18Cl2N2O. The molecular weight excluding hydrogens is 271 g/mol. The summed E-state index contributed by atoms with van der Waals surface area (Å²) in [6.45, 7) is 1.62. The smallest absolute Gasteiger partial charge is 0.253 e. The van der Waals surface area contributed by atoms with Crippen LogP contribution in [0.5, 0.6) is 0 Å². The predicted molar refractivity (Wildman–Crippen MR) is 76.7 cm³/mol. The number of halogens is 2. The molecule has 1 saturated heterocycles. The standard InChI is InChI=1S/C13H17ClN2O.ClH/c1-15-12-6-3-7-16(9-12)13(17)10-4-2-5-11(14)8-10;/h2,4-5,8,12,15H,3,6-7,9H2,1H3;1H/t12-;/m0./s1. The van der Waals surface area contributed by atoms with Gasteiger partial charge in [0, 0.05) is 29.7 Å². The van der Waals surface area contributed by atoms with Crippen molar-refractivity contribution < 1.29 is 4.79 Å². The maximum atomic E-state index is 12.3. The average Bonchev–Trinajstić information content (AvgIpc) is 2.38. The minimum atomic E-state index is 0. The molecule has 1 aromatic rings. The second-order valence-corrected chi connectivity index (χ2v) is 4.83. The van der Waals surface area contributed by atoms with E-state index in [0.29, 0.717) is 16.6 Å². The summed E-state index contributed by atoms with van der Waals surface area (Å²) >= 11 is 5.90. The quantitative estimate of drug-likeness (QED) is 0.907. The van der Waals surface area contributed by atoms with Crippen LogP contribution in [0.15, 0.2) is 24.3 Å². The number of hydrogen-bond acceptors (Lipinski definition) is 2. The van der Waals surface area contributed by atoms with E-state index in [1.54, 1.807) is 12.1 Å². The number of piperidine rings is 1. The summed E-state index contributed by atoms with van der Waals surface area (Å²) in [5, 5.41) is 3.84. The van der Waals surface area contributed by atoms with Crippen LogP contribution in [0.3, 0.4) is 0 Å². The summed E-state index contributed by atoms with van der Waals surface area (Å²) in [6.07, 6.45) is 2.19. The molecule has 5 heteroatoms. The molecule has 0 aromatic heterocycles. The largest absolute Gasteiger partial charge is 0.337 e. The normalized spacial score (nSPS) is 19.2. The van der Waals surface area contributed by atoms with Gasteiger partial charge in [0.1, 0.15) is 0 Å². The van der Waals surface area contributed by atoms with Crippen molar-refractivity contribution in [1.82, 2.24) is 10.2 Å². The third-order valence-corrected chi connectivity index (χ3v) is 3.42. The Morgan fingerprint density at radius 2 is 2.28 bits per heavy atom. The van der Waals surface area contributed by atoms with Crippen molar-refractivity contribution in [3.63, 3.8) is 0 Å². The topological polar surface area (TPSA) is 32.3 Å². The second kappa shape index (κ2) is 6.98.